The maximum Gasteiger partial charge on any atom is 0.289 e. The number of hydrogen-bond acceptors (Lipinski definition) is 6. The summed E-state index contributed by atoms with van der Waals surface area (Å²) in [6, 6.07) is 7.71. The Bertz CT molecular complexity index is 1160. The Morgan fingerprint density at radius 2 is 2.14 bits per heavy atom. The van der Waals surface area contributed by atoms with E-state index < -0.39 is 0 Å². The number of ether oxygens (including phenoxy) is 2. The number of amides is 1. The Morgan fingerprint density at radius 3 is 2.82 bits per heavy atom. The van der Waals surface area contributed by atoms with E-state index in [1.165, 1.54) is 11.3 Å². The summed E-state index contributed by atoms with van der Waals surface area (Å²) >= 11 is 1.45. The third-order valence-electron chi connectivity index (χ3n) is 5.10. The Morgan fingerprint density at radius 1 is 1.36 bits per heavy atom. The number of fused-ring (bicyclic) bond motifs is 3. The summed E-state index contributed by atoms with van der Waals surface area (Å²) in [5, 5.41) is 13.1. The number of methoxy groups -OCH3 is 2. The van der Waals surface area contributed by atoms with Crippen LogP contribution in [0.25, 0.3) is 10.2 Å². The van der Waals surface area contributed by atoms with Crippen molar-refractivity contribution in [1.82, 2.24) is 0 Å². The Labute approximate surface area is 165 Å². The predicted molar refractivity (Wildman–Crippen MR) is 107 cm³/mol. The van der Waals surface area contributed by atoms with Gasteiger partial charge in [-0.1, -0.05) is 0 Å². The van der Waals surface area contributed by atoms with Gasteiger partial charge in [0.15, 0.2) is 0 Å². The molecule has 4 rings (SSSR count). The van der Waals surface area contributed by atoms with E-state index in [-0.39, 0.29) is 18.2 Å². The van der Waals surface area contributed by atoms with Crippen LogP contribution < -0.4 is 25.5 Å². The molecule has 3 heterocycles. The standard InChI is InChI=1S/C20H18N4O3S/c1-9-13(8-21)19(22)24-17-16-12(7-15(25)23-20(16)28-18(9)17)11-6-10(26-2)4-5-14(11)27-3/h4-6,12H,7H2,1-3H3,(H2,22,24)(H,23,25)/p+1/t12-/m1/s1. The first-order chi connectivity index (χ1) is 13.5. The van der Waals surface area contributed by atoms with Crippen molar-refractivity contribution in [3.8, 4) is 17.6 Å². The number of pyridine rings is 1. The molecule has 4 N–H and O–H groups in total. The number of H-pyrrole nitrogens is 1. The quantitative estimate of drug-likeness (QED) is 0.708. The molecule has 0 bridgehead atoms. The van der Waals surface area contributed by atoms with Crippen LogP contribution in [0.15, 0.2) is 18.2 Å². The lowest BCUT2D eigenvalue weighted by molar-refractivity contribution is -0.327. The van der Waals surface area contributed by atoms with E-state index in [4.69, 9.17) is 15.2 Å². The Balaban J connectivity index is 2.02. The van der Waals surface area contributed by atoms with Crippen LogP contribution in [0.4, 0.5) is 10.8 Å². The minimum absolute atomic E-state index is 0.0694. The summed E-state index contributed by atoms with van der Waals surface area (Å²) in [4.78, 5) is 15.6. The number of anilines is 2. The third kappa shape index (κ3) is 2.63. The van der Waals surface area contributed by atoms with Gasteiger partial charge in [-0.15, -0.1) is 11.3 Å². The van der Waals surface area contributed by atoms with Gasteiger partial charge in [0.2, 0.25) is 5.91 Å². The fraction of sp³-hybridized carbons (Fsp3) is 0.250. The molecule has 1 aliphatic rings. The molecular formula is C20H19N4O3S+. The first-order valence-electron chi connectivity index (χ1n) is 8.68. The molecule has 142 valence electrons. The van der Waals surface area contributed by atoms with Crippen molar-refractivity contribution in [3.05, 3.63) is 40.5 Å². The first kappa shape index (κ1) is 18.1. The van der Waals surface area contributed by atoms with Gasteiger partial charge in [0.1, 0.15) is 33.6 Å². The monoisotopic (exact) mass is 395 g/mol. The van der Waals surface area contributed by atoms with E-state index >= 15 is 0 Å². The zero-order valence-electron chi connectivity index (χ0n) is 15.7. The molecule has 28 heavy (non-hydrogen) atoms. The van der Waals surface area contributed by atoms with Gasteiger partial charge < -0.3 is 14.8 Å². The smallest absolute Gasteiger partial charge is 0.289 e. The van der Waals surface area contributed by atoms with Gasteiger partial charge in [-0.05, 0) is 30.7 Å². The van der Waals surface area contributed by atoms with Crippen molar-refractivity contribution in [2.45, 2.75) is 19.3 Å². The molecule has 0 radical (unpaired) electrons. The number of nitrogens with one attached hydrogen (secondary N) is 2. The van der Waals surface area contributed by atoms with Crippen molar-refractivity contribution >= 4 is 38.3 Å². The number of rotatable bonds is 3. The lowest BCUT2D eigenvalue weighted by Gasteiger charge is -2.24. The lowest BCUT2D eigenvalue weighted by Crippen LogP contribution is -2.24. The van der Waals surface area contributed by atoms with Gasteiger partial charge in [0, 0.05) is 23.5 Å². The maximum atomic E-state index is 12.5. The number of nitrogen functional groups attached to an aromatic ring is 1. The molecule has 7 nitrogen and oxygen atoms in total. The maximum absolute atomic E-state index is 12.5. The molecule has 0 spiro atoms. The van der Waals surface area contributed by atoms with Crippen LogP contribution >= 0.6 is 11.3 Å². The normalized spacial score (nSPS) is 15.6. The topological polar surface area (TPSA) is 112 Å². The largest absolute Gasteiger partial charge is 0.497 e. The van der Waals surface area contributed by atoms with Gasteiger partial charge in [0.05, 0.1) is 18.9 Å². The number of carbonyl (C=O) groups is 1. The van der Waals surface area contributed by atoms with Gasteiger partial charge in [-0.2, -0.15) is 5.26 Å². The van der Waals surface area contributed by atoms with E-state index in [0.717, 1.165) is 31.9 Å². The highest BCUT2D eigenvalue weighted by Crippen LogP contribution is 2.48. The number of aromatic nitrogens is 1. The number of carbonyl (C=O) groups excluding carboxylic acids is 1. The fourth-order valence-electron chi connectivity index (χ4n) is 3.76. The van der Waals surface area contributed by atoms with Crippen LogP contribution in [0.5, 0.6) is 11.5 Å². The van der Waals surface area contributed by atoms with Gasteiger partial charge in [0.25, 0.3) is 5.82 Å². The molecule has 0 unspecified atom stereocenters. The van der Waals surface area contributed by atoms with E-state index in [9.17, 15) is 10.1 Å². The van der Waals surface area contributed by atoms with E-state index in [0.29, 0.717) is 22.9 Å². The molecule has 1 aliphatic heterocycles. The highest BCUT2D eigenvalue weighted by Gasteiger charge is 2.35. The summed E-state index contributed by atoms with van der Waals surface area (Å²) in [6.07, 6.45) is 0.273. The number of hydrogen-bond donors (Lipinski definition) is 2. The number of aryl methyl sites for hydroxylation is 1. The molecule has 1 amide bonds. The second-order valence-corrected chi connectivity index (χ2v) is 7.63. The van der Waals surface area contributed by atoms with Crippen molar-refractivity contribution < 1.29 is 19.3 Å². The summed E-state index contributed by atoms with van der Waals surface area (Å²) < 4.78 is 11.8. The SMILES string of the molecule is COc1ccc(OC)c([C@H]2CC(=O)Nc3sc4c(C)c(C#N)c(N)[nH+]c4c32)c1. The van der Waals surface area contributed by atoms with Crippen molar-refractivity contribution in [3.63, 3.8) is 0 Å². The number of aromatic amines is 1. The second kappa shape index (κ2) is 6.69. The van der Waals surface area contributed by atoms with Crippen LogP contribution in [0.3, 0.4) is 0 Å². The molecule has 1 atom stereocenters. The van der Waals surface area contributed by atoms with Crippen molar-refractivity contribution in [1.29, 1.82) is 5.26 Å². The van der Waals surface area contributed by atoms with Crippen molar-refractivity contribution in [2.24, 2.45) is 0 Å². The van der Waals surface area contributed by atoms with Crippen molar-refractivity contribution in [2.75, 3.05) is 25.3 Å². The number of nitrogens with two attached hydrogens (primary N) is 1. The molecule has 1 aromatic carbocycles. The molecule has 0 saturated carbocycles. The minimum atomic E-state index is -0.231. The zero-order valence-corrected chi connectivity index (χ0v) is 16.5. The molecule has 8 heteroatoms. The summed E-state index contributed by atoms with van der Waals surface area (Å²) in [7, 11) is 3.21. The Hall–Kier alpha value is -3.31. The molecular weight excluding hydrogens is 376 g/mol. The average Bonchev–Trinajstić information content (AvgIpc) is 3.05. The predicted octanol–water partition coefficient (Wildman–Crippen LogP) is 2.97. The van der Waals surface area contributed by atoms with Crippen LogP contribution in [0.2, 0.25) is 0 Å². The van der Waals surface area contributed by atoms with E-state index in [2.05, 4.69) is 16.4 Å². The van der Waals surface area contributed by atoms with E-state index in [1.807, 2.05) is 25.1 Å². The first-order valence-corrected chi connectivity index (χ1v) is 9.49. The van der Waals surface area contributed by atoms with Crippen LogP contribution in [-0.2, 0) is 4.79 Å². The average molecular weight is 395 g/mol. The number of thiophene rings is 1. The minimum Gasteiger partial charge on any atom is -0.497 e. The van der Waals surface area contributed by atoms with Crippen LogP contribution in [0.1, 0.15) is 34.6 Å². The summed E-state index contributed by atoms with van der Waals surface area (Å²) in [5.74, 6) is 1.39. The summed E-state index contributed by atoms with van der Waals surface area (Å²) in [6.45, 7) is 1.87. The summed E-state index contributed by atoms with van der Waals surface area (Å²) in [5.41, 5.74) is 9.98. The third-order valence-corrected chi connectivity index (χ3v) is 6.35. The Kier molecular flexibility index (Phi) is 4.32. The van der Waals surface area contributed by atoms with E-state index in [1.54, 1.807) is 14.2 Å². The number of nitriles is 1. The van der Waals surface area contributed by atoms with Gasteiger partial charge in [-0.25, -0.2) is 4.98 Å². The molecule has 2 aromatic heterocycles. The molecule has 0 fully saturated rings. The van der Waals surface area contributed by atoms with Crippen LogP contribution in [0, 0.1) is 18.3 Å². The van der Waals surface area contributed by atoms with Crippen LogP contribution in [-0.4, -0.2) is 20.1 Å². The lowest BCUT2D eigenvalue weighted by atomic mass is 9.85. The van der Waals surface area contributed by atoms with Gasteiger partial charge >= 0.3 is 0 Å². The highest BCUT2D eigenvalue weighted by atomic mass is 32.1. The fourth-order valence-corrected chi connectivity index (χ4v) is 5.00. The van der Waals surface area contributed by atoms with Gasteiger partial charge in [-0.3, -0.25) is 10.5 Å². The number of benzene rings is 1. The highest BCUT2D eigenvalue weighted by molar-refractivity contribution is 7.23. The number of nitrogens with zero attached hydrogens (tertiary/aromatic N) is 1. The zero-order chi connectivity index (χ0) is 20.0. The molecule has 0 saturated heterocycles. The molecule has 3 aromatic rings. The second-order valence-electron chi connectivity index (χ2n) is 6.61. The molecule has 0 aliphatic carbocycles.